The van der Waals surface area contributed by atoms with Crippen molar-refractivity contribution in [3.63, 3.8) is 0 Å². The van der Waals surface area contributed by atoms with E-state index in [0.717, 1.165) is 57.1 Å². The first-order valence-corrected chi connectivity index (χ1v) is 14.1. The molecule has 1 aliphatic rings. The molecule has 0 aliphatic carbocycles. The molecule has 206 valence electrons. The van der Waals surface area contributed by atoms with Gasteiger partial charge < -0.3 is 18.6 Å². The van der Waals surface area contributed by atoms with Crippen molar-refractivity contribution >= 4 is 29.5 Å². The average molecular weight is 571 g/mol. The second-order valence-corrected chi connectivity index (χ2v) is 10.2. The Morgan fingerprint density at radius 2 is 1.85 bits per heavy atom. The number of ether oxygens (including phenoxy) is 3. The Morgan fingerprint density at radius 3 is 2.56 bits per heavy atom. The molecule has 1 saturated heterocycles. The van der Waals surface area contributed by atoms with Crippen LogP contribution < -0.4 is 14.2 Å². The molecule has 0 bridgehead atoms. The summed E-state index contributed by atoms with van der Waals surface area (Å²) in [6, 6.07) is 11.3. The van der Waals surface area contributed by atoms with Gasteiger partial charge in [0.2, 0.25) is 11.8 Å². The number of anilines is 1. The third kappa shape index (κ3) is 6.50. The van der Waals surface area contributed by atoms with Gasteiger partial charge in [-0.15, -0.1) is 10.2 Å². The summed E-state index contributed by atoms with van der Waals surface area (Å²) in [4.78, 5) is 7.06. The van der Waals surface area contributed by atoms with E-state index < -0.39 is 0 Å². The number of aryl methyl sites for hydroxylation is 1. The molecule has 5 rings (SSSR count). The second kappa shape index (κ2) is 13.2. The highest BCUT2D eigenvalue weighted by atomic mass is 35.5. The minimum absolute atomic E-state index is 0.519. The third-order valence-electron chi connectivity index (χ3n) is 6.46. The van der Waals surface area contributed by atoms with Crippen LogP contribution in [0.1, 0.15) is 11.3 Å². The Labute approximate surface area is 236 Å². The SMILES string of the molecule is COc1cccc(OC)c1-n1c(NSCCc2ncc(Cl)cc2CCN2CCOCC2)nnc1-c1ccco1. The van der Waals surface area contributed by atoms with Crippen molar-refractivity contribution in [1.82, 2.24) is 24.6 Å². The number of morpholine rings is 1. The number of aromatic nitrogens is 4. The van der Waals surface area contributed by atoms with Gasteiger partial charge in [0.05, 0.1) is 38.7 Å². The molecule has 0 atom stereocenters. The minimum atomic E-state index is 0.519. The number of rotatable bonds is 12. The highest BCUT2D eigenvalue weighted by molar-refractivity contribution is 8.00. The number of hydrogen-bond acceptors (Lipinski definition) is 10. The summed E-state index contributed by atoms with van der Waals surface area (Å²) in [5.41, 5.74) is 2.90. The molecule has 12 heteroatoms. The highest BCUT2D eigenvalue weighted by Gasteiger charge is 2.23. The highest BCUT2D eigenvalue weighted by Crippen LogP contribution is 2.38. The van der Waals surface area contributed by atoms with Gasteiger partial charge in [0.15, 0.2) is 5.76 Å². The number of hydrogen-bond donors (Lipinski definition) is 1. The normalized spacial score (nSPS) is 13.9. The maximum absolute atomic E-state index is 6.29. The van der Waals surface area contributed by atoms with E-state index in [1.54, 1.807) is 26.7 Å². The molecule has 1 aromatic carbocycles. The first-order chi connectivity index (χ1) is 19.2. The van der Waals surface area contributed by atoms with Crippen LogP contribution in [0.3, 0.4) is 0 Å². The number of nitrogens with one attached hydrogen (secondary N) is 1. The number of nitrogens with zero attached hydrogens (tertiary/aromatic N) is 5. The van der Waals surface area contributed by atoms with Gasteiger partial charge in [-0.2, -0.15) is 0 Å². The largest absolute Gasteiger partial charge is 0.494 e. The molecule has 0 saturated carbocycles. The Morgan fingerprint density at radius 1 is 1.05 bits per heavy atom. The Bertz CT molecular complexity index is 1340. The Hall–Kier alpha value is -3.25. The molecule has 0 spiro atoms. The molecule has 1 fully saturated rings. The molecule has 10 nitrogen and oxygen atoms in total. The molecule has 3 aromatic heterocycles. The maximum atomic E-state index is 6.29. The zero-order chi connectivity index (χ0) is 27.0. The van der Waals surface area contributed by atoms with Gasteiger partial charge in [0.1, 0.15) is 17.2 Å². The summed E-state index contributed by atoms with van der Waals surface area (Å²) in [6.45, 7) is 4.45. The zero-order valence-electron chi connectivity index (χ0n) is 21.9. The van der Waals surface area contributed by atoms with Gasteiger partial charge in [-0.05, 0) is 54.3 Å². The van der Waals surface area contributed by atoms with E-state index in [-0.39, 0.29) is 0 Å². The van der Waals surface area contributed by atoms with Gasteiger partial charge in [-0.25, -0.2) is 0 Å². The van der Waals surface area contributed by atoms with Crippen molar-refractivity contribution in [3.05, 3.63) is 65.1 Å². The summed E-state index contributed by atoms with van der Waals surface area (Å²) >= 11 is 7.81. The maximum Gasteiger partial charge on any atom is 0.239 e. The standard InChI is InChI=1S/C27H31ClN6O4S/c1-35-22-5-3-6-23(36-2)25(22)34-26(24-7-4-13-38-24)30-31-27(34)32-39-16-9-21-19(17-20(28)18-29-21)8-10-33-11-14-37-15-12-33/h3-7,13,17-18H,8-12,14-16H2,1-2H3,(H,31,32). The van der Waals surface area contributed by atoms with Crippen LogP contribution >= 0.6 is 23.5 Å². The van der Waals surface area contributed by atoms with Crippen molar-refractivity contribution in [2.45, 2.75) is 12.8 Å². The lowest BCUT2D eigenvalue weighted by atomic mass is 10.1. The predicted octanol–water partition coefficient (Wildman–Crippen LogP) is 4.77. The molecule has 0 unspecified atom stereocenters. The molecule has 0 radical (unpaired) electrons. The minimum Gasteiger partial charge on any atom is -0.494 e. The van der Waals surface area contributed by atoms with Crippen LogP contribution in [-0.2, 0) is 17.6 Å². The lowest BCUT2D eigenvalue weighted by molar-refractivity contribution is 0.0384. The van der Waals surface area contributed by atoms with Gasteiger partial charge in [0.25, 0.3) is 0 Å². The van der Waals surface area contributed by atoms with Gasteiger partial charge >= 0.3 is 0 Å². The zero-order valence-corrected chi connectivity index (χ0v) is 23.5. The van der Waals surface area contributed by atoms with Gasteiger partial charge in [0, 0.05) is 43.7 Å². The Balaban J connectivity index is 1.31. The van der Waals surface area contributed by atoms with E-state index >= 15 is 0 Å². The lowest BCUT2D eigenvalue weighted by Gasteiger charge is -2.26. The summed E-state index contributed by atoms with van der Waals surface area (Å²) in [5.74, 6) is 3.60. The number of halogens is 1. The van der Waals surface area contributed by atoms with Crippen LogP contribution in [0.15, 0.2) is 53.3 Å². The van der Waals surface area contributed by atoms with E-state index in [0.29, 0.717) is 39.7 Å². The number of benzene rings is 1. The van der Waals surface area contributed by atoms with Crippen LogP contribution in [-0.4, -0.2) is 77.5 Å². The second-order valence-electron chi connectivity index (χ2n) is 8.83. The summed E-state index contributed by atoms with van der Waals surface area (Å²) < 4.78 is 27.6. The smallest absolute Gasteiger partial charge is 0.239 e. The third-order valence-corrected chi connectivity index (χ3v) is 7.40. The van der Waals surface area contributed by atoms with Crippen molar-refractivity contribution in [2.75, 3.05) is 57.5 Å². The molecular weight excluding hydrogens is 540 g/mol. The number of para-hydroxylation sites is 1. The van der Waals surface area contributed by atoms with Crippen molar-refractivity contribution < 1.29 is 18.6 Å². The molecule has 0 amide bonds. The fourth-order valence-corrected chi connectivity index (χ4v) is 5.34. The first kappa shape index (κ1) is 27.3. The molecule has 39 heavy (non-hydrogen) atoms. The van der Waals surface area contributed by atoms with Crippen LogP contribution in [0, 0.1) is 0 Å². The lowest BCUT2D eigenvalue weighted by Crippen LogP contribution is -2.37. The van der Waals surface area contributed by atoms with E-state index in [4.69, 9.17) is 30.2 Å². The molecular formula is C27H31ClN6O4S. The number of methoxy groups -OCH3 is 2. The quantitative estimate of drug-likeness (QED) is 0.189. The number of furan rings is 1. The van der Waals surface area contributed by atoms with Gasteiger partial charge in [-0.1, -0.05) is 17.7 Å². The fraction of sp³-hybridized carbons (Fsp3) is 0.370. The average Bonchev–Trinajstić information content (AvgIpc) is 3.65. The summed E-state index contributed by atoms with van der Waals surface area (Å²) in [5, 5.41) is 9.48. The molecule has 1 aliphatic heterocycles. The summed E-state index contributed by atoms with van der Waals surface area (Å²) in [6.07, 6.45) is 4.98. The molecule has 4 heterocycles. The molecule has 4 aromatic rings. The fourth-order valence-electron chi connectivity index (χ4n) is 4.50. The van der Waals surface area contributed by atoms with Gasteiger partial charge in [-0.3, -0.25) is 19.2 Å². The van der Waals surface area contributed by atoms with Crippen LogP contribution in [0.5, 0.6) is 11.5 Å². The van der Waals surface area contributed by atoms with Crippen molar-refractivity contribution in [1.29, 1.82) is 0 Å². The summed E-state index contributed by atoms with van der Waals surface area (Å²) in [7, 11) is 3.24. The van der Waals surface area contributed by atoms with E-state index in [1.165, 1.54) is 17.5 Å². The van der Waals surface area contributed by atoms with Crippen molar-refractivity contribution in [2.24, 2.45) is 0 Å². The predicted molar refractivity (Wildman–Crippen MR) is 152 cm³/mol. The van der Waals surface area contributed by atoms with Crippen LogP contribution in [0.25, 0.3) is 17.3 Å². The Kier molecular flexibility index (Phi) is 9.25. The monoisotopic (exact) mass is 570 g/mol. The van der Waals surface area contributed by atoms with E-state index in [2.05, 4.69) is 24.8 Å². The van der Waals surface area contributed by atoms with Crippen LogP contribution in [0.2, 0.25) is 5.02 Å². The molecule has 1 N–H and O–H groups in total. The first-order valence-electron chi connectivity index (χ1n) is 12.7. The van der Waals surface area contributed by atoms with E-state index in [9.17, 15) is 0 Å². The van der Waals surface area contributed by atoms with E-state index in [1.807, 2.05) is 41.0 Å². The topological polar surface area (TPSA) is 99.7 Å². The van der Waals surface area contributed by atoms with Crippen LogP contribution in [0.4, 0.5) is 5.95 Å². The number of pyridine rings is 1. The van der Waals surface area contributed by atoms with Crippen molar-refractivity contribution in [3.8, 4) is 28.8 Å².